The van der Waals surface area contributed by atoms with Gasteiger partial charge in [-0.3, -0.25) is 5.32 Å². The summed E-state index contributed by atoms with van der Waals surface area (Å²) in [5.74, 6) is 0.859. The van der Waals surface area contributed by atoms with Crippen molar-refractivity contribution in [3.05, 3.63) is 66.2 Å². The molecule has 3 N–H and O–H groups in total. The monoisotopic (exact) mass is 381 g/mol. The lowest BCUT2D eigenvalue weighted by atomic mass is 9.97. The molecule has 0 fully saturated rings. The number of hydrogen-bond acceptors (Lipinski definition) is 5. The summed E-state index contributed by atoms with van der Waals surface area (Å²) in [6, 6.07) is 17.7. The normalized spacial score (nSPS) is 11.8. The Balaban J connectivity index is 1.82. The van der Waals surface area contributed by atoms with Gasteiger partial charge in [0, 0.05) is 23.2 Å². The topological polar surface area (TPSA) is 88.0 Å². The number of carbonyl (C=O) groups is 1. The van der Waals surface area contributed by atoms with Crippen molar-refractivity contribution in [3.8, 4) is 11.5 Å². The number of anilines is 1. The van der Waals surface area contributed by atoms with E-state index < -0.39 is 12.2 Å². The molecular formula is C22H23NO5. The fourth-order valence-corrected chi connectivity index (χ4v) is 3.09. The van der Waals surface area contributed by atoms with Gasteiger partial charge in [0.1, 0.15) is 17.6 Å². The maximum atomic E-state index is 12.4. The quantitative estimate of drug-likeness (QED) is 0.556. The van der Waals surface area contributed by atoms with Crippen LogP contribution in [-0.4, -0.2) is 30.0 Å². The predicted octanol–water partition coefficient (Wildman–Crippen LogP) is 4.62. The molecule has 6 nitrogen and oxygen atoms in total. The van der Waals surface area contributed by atoms with Crippen LogP contribution in [0.2, 0.25) is 0 Å². The van der Waals surface area contributed by atoms with Gasteiger partial charge in [0.2, 0.25) is 0 Å². The molecule has 0 aliphatic heterocycles. The molecule has 0 saturated carbocycles. The molecule has 0 bridgehead atoms. The number of aliphatic hydroxyl groups excluding tert-OH is 1. The van der Waals surface area contributed by atoms with E-state index in [-0.39, 0.29) is 12.4 Å². The van der Waals surface area contributed by atoms with Crippen LogP contribution in [0.25, 0.3) is 10.8 Å². The molecule has 3 rings (SSSR count). The molecule has 3 aromatic rings. The van der Waals surface area contributed by atoms with Crippen LogP contribution in [0.5, 0.6) is 11.5 Å². The average Bonchev–Trinajstić information content (AvgIpc) is 2.72. The van der Waals surface area contributed by atoms with E-state index in [9.17, 15) is 15.0 Å². The first-order valence-electron chi connectivity index (χ1n) is 9.05. The van der Waals surface area contributed by atoms with Gasteiger partial charge in [-0.05, 0) is 48.6 Å². The number of benzene rings is 3. The fraction of sp³-hybridized carbons (Fsp3) is 0.227. The zero-order valence-corrected chi connectivity index (χ0v) is 15.6. The zero-order valence-electron chi connectivity index (χ0n) is 15.6. The molecule has 0 radical (unpaired) electrons. The molecule has 0 aromatic heterocycles. The Morgan fingerprint density at radius 2 is 1.75 bits per heavy atom. The Kier molecular flexibility index (Phi) is 6.34. The molecule has 3 aromatic carbocycles. The van der Waals surface area contributed by atoms with Crippen molar-refractivity contribution in [2.75, 3.05) is 19.0 Å². The second-order valence-corrected chi connectivity index (χ2v) is 6.33. The molecule has 1 amide bonds. The molecule has 0 heterocycles. The van der Waals surface area contributed by atoms with Gasteiger partial charge in [0.25, 0.3) is 0 Å². The van der Waals surface area contributed by atoms with Crippen LogP contribution in [0, 0.1) is 0 Å². The van der Waals surface area contributed by atoms with Gasteiger partial charge in [-0.1, -0.05) is 30.3 Å². The lowest BCUT2D eigenvalue weighted by Gasteiger charge is -2.20. The fourth-order valence-electron chi connectivity index (χ4n) is 3.09. The Labute approximate surface area is 163 Å². The van der Waals surface area contributed by atoms with Crippen LogP contribution in [0.1, 0.15) is 24.5 Å². The summed E-state index contributed by atoms with van der Waals surface area (Å²) in [7, 11) is 1.57. The van der Waals surface area contributed by atoms with E-state index in [0.29, 0.717) is 29.7 Å². The van der Waals surface area contributed by atoms with Crippen molar-refractivity contribution in [1.29, 1.82) is 0 Å². The number of ether oxygens (including phenoxy) is 2. The summed E-state index contributed by atoms with van der Waals surface area (Å²) in [4.78, 5) is 12.4. The Morgan fingerprint density at radius 1 is 1.04 bits per heavy atom. The number of methoxy groups -OCH3 is 1. The molecule has 28 heavy (non-hydrogen) atoms. The highest BCUT2D eigenvalue weighted by Gasteiger charge is 2.20. The summed E-state index contributed by atoms with van der Waals surface area (Å²) in [6.45, 7) is -0.00399. The van der Waals surface area contributed by atoms with Crippen LogP contribution in [0.4, 0.5) is 10.5 Å². The first-order valence-corrected chi connectivity index (χ1v) is 9.05. The third-order valence-electron chi connectivity index (χ3n) is 4.49. The number of aromatic hydroxyl groups is 1. The minimum atomic E-state index is -0.592. The molecule has 0 unspecified atom stereocenters. The SMILES string of the molecule is COc1ccc(NC(=O)O[C@@H](CCCO)c2ccc(O)c3ccccc23)cc1. The first kappa shape index (κ1) is 19.5. The first-order chi connectivity index (χ1) is 13.6. The van der Waals surface area contributed by atoms with E-state index in [0.717, 1.165) is 10.9 Å². The summed E-state index contributed by atoms with van der Waals surface area (Å²) in [6.07, 6.45) is -0.210. The van der Waals surface area contributed by atoms with Gasteiger partial charge >= 0.3 is 6.09 Å². The number of nitrogens with one attached hydrogen (secondary N) is 1. The molecule has 6 heteroatoms. The van der Waals surface area contributed by atoms with E-state index in [4.69, 9.17) is 9.47 Å². The average molecular weight is 381 g/mol. The van der Waals surface area contributed by atoms with Crippen LogP contribution in [0.3, 0.4) is 0 Å². The summed E-state index contributed by atoms with van der Waals surface area (Å²) < 4.78 is 10.8. The molecular weight excluding hydrogens is 358 g/mol. The number of aliphatic hydroxyl groups is 1. The summed E-state index contributed by atoms with van der Waals surface area (Å²) in [5, 5.41) is 23.5. The molecule has 0 aliphatic rings. The Hall–Kier alpha value is -3.25. The highest BCUT2D eigenvalue weighted by Crippen LogP contribution is 2.34. The smallest absolute Gasteiger partial charge is 0.412 e. The third kappa shape index (κ3) is 4.53. The zero-order chi connectivity index (χ0) is 19.9. The number of rotatable bonds is 7. The number of hydrogen-bond donors (Lipinski definition) is 3. The lowest BCUT2D eigenvalue weighted by Crippen LogP contribution is -2.18. The van der Waals surface area contributed by atoms with Crippen LogP contribution < -0.4 is 10.1 Å². The maximum absolute atomic E-state index is 12.4. The minimum absolute atomic E-state index is 0.00399. The highest BCUT2D eigenvalue weighted by atomic mass is 16.6. The van der Waals surface area contributed by atoms with E-state index in [1.807, 2.05) is 24.3 Å². The van der Waals surface area contributed by atoms with Crippen LogP contribution >= 0.6 is 0 Å². The van der Waals surface area contributed by atoms with E-state index in [1.165, 1.54) is 0 Å². The third-order valence-corrected chi connectivity index (χ3v) is 4.49. The highest BCUT2D eigenvalue weighted by molar-refractivity contribution is 5.91. The van der Waals surface area contributed by atoms with Gasteiger partial charge in [-0.2, -0.15) is 0 Å². The van der Waals surface area contributed by atoms with Gasteiger partial charge < -0.3 is 19.7 Å². The molecule has 0 spiro atoms. The lowest BCUT2D eigenvalue weighted by molar-refractivity contribution is 0.100. The van der Waals surface area contributed by atoms with E-state index in [1.54, 1.807) is 43.5 Å². The second kappa shape index (κ2) is 9.10. The Bertz CT molecular complexity index is 939. The molecule has 1 atom stereocenters. The van der Waals surface area contributed by atoms with E-state index in [2.05, 4.69) is 5.32 Å². The van der Waals surface area contributed by atoms with Crippen molar-refractivity contribution in [2.24, 2.45) is 0 Å². The summed E-state index contributed by atoms with van der Waals surface area (Å²) in [5.41, 5.74) is 1.37. The van der Waals surface area contributed by atoms with Gasteiger partial charge in [-0.15, -0.1) is 0 Å². The van der Waals surface area contributed by atoms with Crippen molar-refractivity contribution in [1.82, 2.24) is 0 Å². The van der Waals surface area contributed by atoms with Gasteiger partial charge in [0.15, 0.2) is 0 Å². The minimum Gasteiger partial charge on any atom is -0.507 e. The number of phenols is 1. The molecule has 0 saturated heterocycles. The number of carbonyl (C=O) groups excluding carboxylic acids is 1. The maximum Gasteiger partial charge on any atom is 0.412 e. The van der Waals surface area contributed by atoms with Crippen molar-refractivity contribution < 1.29 is 24.5 Å². The Morgan fingerprint density at radius 3 is 2.43 bits per heavy atom. The van der Waals surface area contributed by atoms with Gasteiger partial charge in [-0.25, -0.2) is 4.79 Å². The standard InChI is InChI=1S/C22H23NO5/c1-27-16-10-8-15(9-11-16)23-22(26)28-21(7-4-14-24)19-12-13-20(25)18-6-3-2-5-17(18)19/h2-3,5-6,8-13,21,24-25H,4,7,14H2,1H3,(H,23,26)/t21-/m0/s1. The molecule has 0 aliphatic carbocycles. The predicted molar refractivity (Wildman–Crippen MR) is 108 cm³/mol. The van der Waals surface area contributed by atoms with Gasteiger partial charge in [0.05, 0.1) is 7.11 Å². The number of amides is 1. The van der Waals surface area contributed by atoms with Crippen molar-refractivity contribution >= 4 is 22.6 Å². The summed E-state index contributed by atoms with van der Waals surface area (Å²) >= 11 is 0. The largest absolute Gasteiger partial charge is 0.507 e. The number of fused-ring (bicyclic) bond motifs is 1. The van der Waals surface area contributed by atoms with Crippen molar-refractivity contribution in [2.45, 2.75) is 18.9 Å². The van der Waals surface area contributed by atoms with E-state index >= 15 is 0 Å². The number of phenolic OH excluding ortho intramolecular Hbond substituents is 1. The van der Waals surface area contributed by atoms with Crippen LogP contribution in [-0.2, 0) is 4.74 Å². The molecule has 146 valence electrons. The van der Waals surface area contributed by atoms with Crippen LogP contribution in [0.15, 0.2) is 60.7 Å². The second-order valence-electron chi connectivity index (χ2n) is 6.33. The van der Waals surface area contributed by atoms with Crippen molar-refractivity contribution in [3.63, 3.8) is 0 Å².